The van der Waals surface area contributed by atoms with Crippen molar-refractivity contribution in [3.05, 3.63) is 0 Å². The lowest BCUT2D eigenvalue weighted by molar-refractivity contribution is -0.183. The van der Waals surface area contributed by atoms with Crippen LogP contribution in [0.25, 0.3) is 0 Å². The Morgan fingerprint density at radius 3 is 1.00 bits per heavy atom. The molecule has 0 fully saturated rings. The highest BCUT2D eigenvalue weighted by Gasteiger charge is 2.61. The summed E-state index contributed by atoms with van der Waals surface area (Å²) in [7, 11) is 0. The first-order valence-corrected chi connectivity index (χ1v) is 11.4. The van der Waals surface area contributed by atoms with E-state index in [9.17, 15) is 19.8 Å². The van der Waals surface area contributed by atoms with Gasteiger partial charge in [0.2, 0.25) is 0 Å². The summed E-state index contributed by atoms with van der Waals surface area (Å²) in [6.45, 7) is 16.4. The van der Waals surface area contributed by atoms with E-state index in [2.05, 4.69) is 27.7 Å². The predicted molar refractivity (Wildman–Crippen MR) is 116 cm³/mol. The molecular weight excluding hydrogens is 352 g/mol. The Bertz CT molecular complexity index is 433. The Labute approximate surface area is 173 Å². The first-order valence-electron chi connectivity index (χ1n) is 11.4. The van der Waals surface area contributed by atoms with Gasteiger partial charge in [-0.3, -0.25) is 9.59 Å². The third-order valence-corrected chi connectivity index (χ3v) is 6.83. The molecule has 0 saturated carbocycles. The van der Waals surface area contributed by atoms with Crippen molar-refractivity contribution in [1.82, 2.24) is 0 Å². The van der Waals surface area contributed by atoms with Crippen molar-refractivity contribution < 1.29 is 19.8 Å². The third kappa shape index (κ3) is 6.22. The van der Waals surface area contributed by atoms with Gasteiger partial charge in [-0.25, -0.2) is 0 Å². The Morgan fingerprint density at radius 2 is 0.857 bits per heavy atom. The van der Waals surface area contributed by atoms with Crippen LogP contribution in [0.4, 0.5) is 0 Å². The fraction of sp³-hybridized carbons (Fsp3) is 0.917. The minimum Gasteiger partial charge on any atom is -0.481 e. The van der Waals surface area contributed by atoms with Crippen LogP contribution in [0.2, 0.25) is 0 Å². The van der Waals surface area contributed by atoms with Crippen molar-refractivity contribution in [2.45, 2.75) is 107 Å². The molecule has 4 heteroatoms. The van der Waals surface area contributed by atoms with Crippen LogP contribution in [0.15, 0.2) is 0 Å². The molecule has 0 aromatic carbocycles. The fourth-order valence-electron chi connectivity index (χ4n) is 5.24. The van der Waals surface area contributed by atoms with E-state index in [0.717, 1.165) is 25.7 Å². The van der Waals surface area contributed by atoms with E-state index >= 15 is 0 Å². The minimum atomic E-state index is -1.24. The molecule has 0 aromatic heterocycles. The predicted octanol–water partition coefficient (Wildman–Crippen LogP) is 6.87. The summed E-state index contributed by atoms with van der Waals surface area (Å²) in [5, 5.41) is 21.2. The topological polar surface area (TPSA) is 74.6 Å². The third-order valence-electron chi connectivity index (χ3n) is 6.83. The van der Waals surface area contributed by atoms with Gasteiger partial charge in [-0.15, -0.1) is 0 Å². The maximum Gasteiger partial charge on any atom is 0.310 e. The highest BCUT2D eigenvalue weighted by molar-refractivity contribution is 5.87. The van der Waals surface area contributed by atoms with Crippen molar-refractivity contribution in [2.24, 2.45) is 34.5 Å². The van der Waals surface area contributed by atoms with Crippen molar-refractivity contribution in [1.29, 1.82) is 0 Å². The summed E-state index contributed by atoms with van der Waals surface area (Å²) >= 11 is 0. The molecule has 2 N–H and O–H groups in total. The number of hydrogen-bond donors (Lipinski definition) is 2. The number of carbonyl (C=O) groups is 2. The SMILES string of the molecule is CCC(CC)CC(CC(C)C)(C(=O)O)C(CC(C)C)(CC(CC)CC)C(=O)O. The standard InChI is InChI=1S/C24H46O4/c1-9-19(10-2)15-23(21(25)26,13-17(5)6)24(22(27)28,14-18(7)8)16-20(11-3)12-4/h17-20H,9-16H2,1-8H3,(H,25,26)(H,27,28). The van der Waals surface area contributed by atoms with Gasteiger partial charge in [0.25, 0.3) is 0 Å². The average molecular weight is 399 g/mol. The Balaban J connectivity index is 6.83. The summed E-state index contributed by atoms with van der Waals surface area (Å²) in [6.07, 6.45) is 5.26. The zero-order chi connectivity index (χ0) is 22.1. The first-order chi connectivity index (χ1) is 13.0. The molecule has 0 aliphatic carbocycles. The Hall–Kier alpha value is -1.06. The van der Waals surface area contributed by atoms with Crippen LogP contribution in [0.3, 0.4) is 0 Å². The quantitative estimate of drug-likeness (QED) is 0.315. The molecule has 2 atom stereocenters. The largest absolute Gasteiger partial charge is 0.481 e. The van der Waals surface area contributed by atoms with Crippen molar-refractivity contribution >= 4 is 11.9 Å². The molecule has 0 amide bonds. The van der Waals surface area contributed by atoms with Crippen molar-refractivity contribution in [3.63, 3.8) is 0 Å². The zero-order valence-corrected chi connectivity index (χ0v) is 19.7. The summed E-state index contributed by atoms with van der Waals surface area (Å²) in [5.74, 6) is -1.13. The van der Waals surface area contributed by atoms with E-state index < -0.39 is 22.8 Å². The lowest BCUT2D eigenvalue weighted by Gasteiger charge is -2.49. The smallest absolute Gasteiger partial charge is 0.310 e. The second-order valence-corrected chi connectivity index (χ2v) is 9.74. The van der Waals surface area contributed by atoms with Crippen LogP contribution in [-0.4, -0.2) is 22.2 Å². The zero-order valence-electron chi connectivity index (χ0n) is 19.7. The van der Waals surface area contributed by atoms with Crippen molar-refractivity contribution in [3.8, 4) is 0 Å². The number of carboxylic acid groups (broad SMARTS) is 2. The highest BCUT2D eigenvalue weighted by Crippen LogP contribution is 2.56. The summed E-state index contributed by atoms with van der Waals surface area (Å²) in [4.78, 5) is 25.9. The molecular formula is C24H46O4. The first kappa shape index (κ1) is 26.9. The van der Waals surface area contributed by atoms with Gasteiger partial charge in [-0.05, 0) is 49.4 Å². The van der Waals surface area contributed by atoms with E-state index in [1.165, 1.54) is 0 Å². The molecule has 0 aliphatic heterocycles. The molecule has 0 bridgehead atoms. The Kier molecular flexibility index (Phi) is 11.4. The van der Waals surface area contributed by atoms with Crippen LogP contribution in [0.1, 0.15) is 107 Å². The molecule has 0 radical (unpaired) electrons. The van der Waals surface area contributed by atoms with E-state index in [1.54, 1.807) is 0 Å². The molecule has 0 spiro atoms. The minimum absolute atomic E-state index is 0.123. The number of hydrogen-bond acceptors (Lipinski definition) is 2. The van der Waals surface area contributed by atoms with Gasteiger partial charge < -0.3 is 10.2 Å². The molecule has 0 rings (SSSR count). The van der Waals surface area contributed by atoms with Gasteiger partial charge >= 0.3 is 11.9 Å². The average Bonchev–Trinajstić information content (AvgIpc) is 2.60. The van der Waals surface area contributed by atoms with Crippen LogP contribution in [0.5, 0.6) is 0 Å². The highest BCUT2D eigenvalue weighted by atomic mass is 16.4. The summed E-state index contributed by atoms with van der Waals surface area (Å²) in [6, 6.07) is 0. The molecule has 0 aliphatic rings. The number of rotatable bonds is 15. The van der Waals surface area contributed by atoms with Gasteiger partial charge in [0, 0.05) is 0 Å². The lowest BCUT2D eigenvalue weighted by atomic mass is 9.51. The molecule has 2 unspecified atom stereocenters. The van der Waals surface area contributed by atoms with E-state index in [0.29, 0.717) is 25.7 Å². The second-order valence-electron chi connectivity index (χ2n) is 9.74. The van der Waals surface area contributed by atoms with E-state index in [-0.39, 0.29) is 23.7 Å². The monoisotopic (exact) mass is 398 g/mol. The van der Waals surface area contributed by atoms with Crippen molar-refractivity contribution in [2.75, 3.05) is 0 Å². The maximum absolute atomic E-state index is 13.0. The molecule has 166 valence electrons. The lowest BCUT2D eigenvalue weighted by Crippen LogP contribution is -2.55. The van der Waals surface area contributed by atoms with E-state index in [1.807, 2.05) is 27.7 Å². The number of carboxylic acids is 2. The Morgan fingerprint density at radius 1 is 0.607 bits per heavy atom. The molecule has 4 nitrogen and oxygen atoms in total. The van der Waals surface area contributed by atoms with Gasteiger partial charge in [0.15, 0.2) is 0 Å². The van der Waals surface area contributed by atoms with Gasteiger partial charge in [0.05, 0.1) is 10.8 Å². The molecule has 0 heterocycles. The summed E-state index contributed by atoms with van der Waals surface area (Å²) < 4.78 is 0. The van der Waals surface area contributed by atoms with Crippen LogP contribution >= 0.6 is 0 Å². The van der Waals surface area contributed by atoms with Crippen LogP contribution < -0.4 is 0 Å². The maximum atomic E-state index is 13.0. The van der Waals surface area contributed by atoms with Crippen LogP contribution in [0, 0.1) is 34.5 Å². The number of aliphatic carboxylic acids is 2. The van der Waals surface area contributed by atoms with E-state index in [4.69, 9.17) is 0 Å². The molecule has 0 saturated heterocycles. The second kappa shape index (κ2) is 11.8. The fourth-order valence-corrected chi connectivity index (χ4v) is 5.24. The molecule has 28 heavy (non-hydrogen) atoms. The van der Waals surface area contributed by atoms with Gasteiger partial charge in [-0.2, -0.15) is 0 Å². The molecule has 0 aromatic rings. The summed E-state index contributed by atoms with van der Waals surface area (Å²) in [5.41, 5.74) is -2.48. The normalized spacial score (nSPS) is 16.6. The van der Waals surface area contributed by atoms with Crippen LogP contribution in [-0.2, 0) is 9.59 Å². The van der Waals surface area contributed by atoms with Gasteiger partial charge in [-0.1, -0.05) is 81.1 Å². The van der Waals surface area contributed by atoms with Gasteiger partial charge in [0.1, 0.15) is 0 Å².